The summed E-state index contributed by atoms with van der Waals surface area (Å²) in [5.41, 5.74) is 0.663. The normalized spacial score (nSPS) is 22.4. The number of carbonyl (C=O) groups excluding carboxylic acids is 1. The van der Waals surface area contributed by atoms with E-state index in [1.54, 1.807) is 13.2 Å². The van der Waals surface area contributed by atoms with Crippen molar-refractivity contribution in [2.24, 2.45) is 23.7 Å². The minimum absolute atomic E-state index is 0.00667. The maximum Gasteiger partial charge on any atom is 0.192 e. The average molecular weight is 635 g/mol. The molecule has 43 heavy (non-hydrogen) atoms. The SMILES string of the molecule is C=C[C@@H](CO[Si](C)(C)C(C)(C)C)C(=O)[C@H](CO[Si](C)(C)C(C)(C)C)[C@H](C)[C@@]1(C)O[C@@H]1[C@@H](C)COCc1ccc(OC)cc1. The van der Waals surface area contributed by atoms with Gasteiger partial charge in [0.25, 0.3) is 0 Å². The van der Waals surface area contributed by atoms with Crippen LogP contribution in [0.1, 0.15) is 67.9 Å². The standard InChI is InChI=1S/C35H62O6Si2/c1-16-28(23-39-42(12,13)33(4,5)6)31(36)30(24-40-43(14,15)34(7,8)9)26(3)35(10)32(41-35)25(2)21-38-22-27-17-19-29(37-11)20-18-27/h16-20,25-26,28,30,32H,1,21-24H2,2-15H3/t25-,26-,28-,30+,32+,35+/m0/s1. The highest BCUT2D eigenvalue weighted by molar-refractivity contribution is 6.74. The summed E-state index contributed by atoms with van der Waals surface area (Å²) in [5.74, 6) is 0.381. The molecule has 1 heterocycles. The van der Waals surface area contributed by atoms with E-state index < -0.39 is 28.2 Å². The maximum absolute atomic E-state index is 14.3. The third-order valence-electron chi connectivity index (χ3n) is 10.6. The van der Waals surface area contributed by atoms with Gasteiger partial charge in [-0.1, -0.05) is 73.6 Å². The van der Waals surface area contributed by atoms with Gasteiger partial charge in [-0.05, 0) is 66.8 Å². The molecule has 1 aliphatic rings. The van der Waals surface area contributed by atoms with Gasteiger partial charge in [-0.2, -0.15) is 0 Å². The van der Waals surface area contributed by atoms with Gasteiger partial charge in [0, 0.05) is 25.0 Å². The van der Waals surface area contributed by atoms with Gasteiger partial charge < -0.3 is 23.1 Å². The molecule has 8 heteroatoms. The Balaban J connectivity index is 2.17. The van der Waals surface area contributed by atoms with E-state index in [9.17, 15) is 4.79 Å². The molecule has 0 unspecified atom stereocenters. The van der Waals surface area contributed by atoms with Crippen LogP contribution in [0.4, 0.5) is 0 Å². The Morgan fingerprint density at radius 1 is 0.953 bits per heavy atom. The summed E-state index contributed by atoms with van der Waals surface area (Å²) in [6.07, 6.45) is 1.78. The molecule has 1 aromatic rings. The first-order chi connectivity index (χ1) is 19.6. The van der Waals surface area contributed by atoms with E-state index >= 15 is 0 Å². The highest BCUT2D eigenvalue weighted by Crippen LogP contribution is 2.50. The van der Waals surface area contributed by atoms with Gasteiger partial charge in [0.05, 0.1) is 37.9 Å². The second kappa shape index (κ2) is 14.4. The number of rotatable bonds is 17. The second-order valence-corrected chi connectivity index (χ2v) is 25.5. The molecule has 2 rings (SSSR count). The van der Waals surface area contributed by atoms with E-state index in [1.807, 2.05) is 24.3 Å². The van der Waals surface area contributed by atoms with Crippen molar-refractivity contribution in [3.8, 4) is 5.75 Å². The molecule has 0 aromatic heterocycles. The van der Waals surface area contributed by atoms with Gasteiger partial charge >= 0.3 is 0 Å². The van der Waals surface area contributed by atoms with Crippen LogP contribution in [0.25, 0.3) is 0 Å². The molecule has 0 N–H and O–H groups in total. The van der Waals surface area contributed by atoms with Crippen LogP contribution in [0.5, 0.6) is 5.75 Å². The zero-order chi connectivity index (χ0) is 33.0. The lowest BCUT2D eigenvalue weighted by Crippen LogP contribution is -2.47. The zero-order valence-electron chi connectivity index (χ0n) is 29.8. The Labute approximate surface area is 265 Å². The van der Waals surface area contributed by atoms with E-state index in [-0.39, 0.29) is 39.7 Å². The molecule has 1 saturated heterocycles. The Morgan fingerprint density at radius 3 is 1.93 bits per heavy atom. The smallest absolute Gasteiger partial charge is 0.192 e. The van der Waals surface area contributed by atoms with Crippen LogP contribution in [0.3, 0.4) is 0 Å². The van der Waals surface area contributed by atoms with E-state index in [4.69, 9.17) is 23.1 Å². The number of epoxide rings is 1. The number of benzene rings is 1. The number of carbonyl (C=O) groups is 1. The molecule has 0 amide bonds. The predicted molar refractivity (Wildman–Crippen MR) is 183 cm³/mol. The van der Waals surface area contributed by atoms with Crippen molar-refractivity contribution in [2.45, 2.75) is 117 Å². The van der Waals surface area contributed by atoms with Crippen LogP contribution in [-0.2, 0) is 29.7 Å². The molecule has 0 radical (unpaired) electrons. The number of ether oxygens (including phenoxy) is 3. The van der Waals surface area contributed by atoms with Gasteiger partial charge in [0.2, 0.25) is 0 Å². The number of ketones is 1. The van der Waals surface area contributed by atoms with Gasteiger partial charge in [-0.15, -0.1) is 6.58 Å². The van der Waals surface area contributed by atoms with E-state index in [2.05, 4.69) is 95.1 Å². The molecule has 0 spiro atoms. The molecule has 1 fully saturated rings. The summed E-state index contributed by atoms with van der Waals surface area (Å²) in [6, 6.07) is 7.93. The number of hydrogen-bond acceptors (Lipinski definition) is 6. The molecule has 1 aliphatic heterocycles. The van der Waals surface area contributed by atoms with Crippen molar-refractivity contribution in [3.05, 3.63) is 42.5 Å². The van der Waals surface area contributed by atoms with Crippen LogP contribution in [0.2, 0.25) is 36.3 Å². The molecule has 6 nitrogen and oxygen atoms in total. The van der Waals surface area contributed by atoms with Crippen molar-refractivity contribution in [1.82, 2.24) is 0 Å². The monoisotopic (exact) mass is 634 g/mol. The molecule has 246 valence electrons. The van der Waals surface area contributed by atoms with Crippen molar-refractivity contribution < 1.29 is 27.9 Å². The van der Waals surface area contributed by atoms with Crippen molar-refractivity contribution >= 4 is 22.4 Å². The van der Waals surface area contributed by atoms with Crippen LogP contribution in [0, 0.1) is 23.7 Å². The summed E-state index contributed by atoms with van der Waals surface area (Å²) in [7, 11) is -2.44. The van der Waals surface area contributed by atoms with Crippen LogP contribution < -0.4 is 4.74 Å². The Bertz CT molecular complexity index is 1060. The second-order valence-electron chi connectivity index (χ2n) is 15.8. The fourth-order valence-corrected chi connectivity index (χ4v) is 6.96. The van der Waals surface area contributed by atoms with E-state index in [1.165, 1.54) is 0 Å². The lowest BCUT2D eigenvalue weighted by molar-refractivity contribution is -0.130. The topological polar surface area (TPSA) is 66.5 Å². The molecular formula is C35H62O6Si2. The lowest BCUT2D eigenvalue weighted by Gasteiger charge is -2.39. The van der Waals surface area contributed by atoms with Crippen LogP contribution in [-0.4, -0.2) is 61.1 Å². The quantitative estimate of drug-likeness (QED) is 0.0971. The summed E-state index contributed by atoms with van der Waals surface area (Å²) >= 11 is 0. The number of methoxy groups -OCH3 is 1. The first-order valence-electron chi connectivity index (χ1n) is 15.9. The molecule has 0 aliphatic carbocycles. The van der Waals surface area contributed by atoms with Crippen molar-refractivity contribution in [1.29, 1.82) is 0 Å². The van der Waals surface area contributed by atoms with Gasteiger partial charge in [-0.25, -0.2) is 0 Å². The van der Waals surface area contributed by atoms with Gasteiger partial charge in [0.15, 0.2) is 16.6 Å². The third kappa shape index (κ3) is 9.60. The molecule has 1 aromatic carbocycles. The maximum atomic E-state index is 14.3. The van der Waals surface area contributed by atoms with E-state index in [0.29, 0.717) is 26.4 Å². The third-order valence-corrected chi connectivity index (χ3v) is 19.6. The Morgan fingerprint density at radius 2 is 1.47 bits per heavy atom. The number of Topliss-reactive ketones (excluding diaryl/α,β-unsaturated/α-hetero) is 1. The summed E-state index contributed by atoms with van der Waals surface area (Å²) in [5, 5.41) is 0.111. The van der Waals surface area contributed by atoms with Crippen LogP contribution in [0.15, 0.2) is 36.9 Å². The summed E-state index contributed by atoms with van der Waals surface area (Å²) < 4.78 is 31.0. The Kier molecular flexibility index (Phi) is 12.7. The van der Waals surface area contributed by atoms with E-state index in [0.717, 1.165) is 11.3 Å². The average Bonchev–Trinajstić information content (AvgIpc) is 3.60. The van der Waals surface area contributed by atoms with Crippen molar-refractivity contribution in [3.63, 3.8) is 0 Å². The van der Waals surface area contributed by atoms with Crippen LogP contribution >= 0.6 is 0 Å². The minimum atomic E-state index is -2.08. The summed E-state index contributed by atoms with van der Waals surface area (Å²) in [4.78, 5) is 14.3. The molecule has 0 saturated carbocycles. The first kappa shape index (κ1) is 37.9. The lowest BCUT2D eigenvalue weighted by atomic mass is 9.75. The van der Waals surface area contributed by atoms with Gasteiger partial charge in [0.1, 0.15) is 11.5 Å². The Hall–Kier alpha value is -1.30. The fourth-order valence-electron chi connectivity index (χ4n) is 4.90. The minimum Gasteiger partial charge on any atom is -0.497 e. The first-order valence-corrected chi connectivity index (χ1v) is 21.8. The summed E-state index contributed by atoms with van der Waals surface area (Å²) in [6.45, 7) is 34.6. The predicted octanol–water partition coefficient (Wildman–Crippen LogP) is 8.67. The largest absolute Gasteiger partial charge is 0.497 e. The van der Waals surface area contributed by atoms with Crippen molar-refractivity contribution in [2.75, 3.05) is 26.9 Å². The highest BCUT2D eigenvalue weighted by Gasteiger charge is 2.60. The molecule has 0 bridgehead atoms. The fraction of sp³-hybridized carbons (Fsp3) is 0.743. The molecule has 6 atom stereocenters. The molecular weight excluding hydrogens is 573 g/mol. The zero-order valence-corrected chi connectivity index (χ0v) is 31.8. The highest BCUT2D eigenvalue weighted by atomic mass is 28.4. The number of hydrogen-bond donors (Lipinski definition) is 0. The van der Waals surface area contributed by atoms with Gasteiger partial charge in [-0.3, -0.25) is 4.79 Å².